The summed E-state index contributed by atoms with van der Waals surface area (Å²) in [7, 11) is 0. The van der Waals surface area contributed by atoms with Crippen molar-refractivity contribution < 1.29 is 18.7 Å². The fourth-order valence-electron chi connectivity index (χ4n) is 4.39. The number of carbonyl (C=O) groups is 1. The van der Waals surface area contributed by atoms with Crippen LogP contribution in [0.3, 0.4) is 0 Å². The quantitative estimate of drug-likeness (QED) is 0.262. The predicted octanol–water partition coefficient (Wildman–Crippen LogP) is 4.26. The molecule has 0 aliphatic heterocycles. The lowest BCUT2D eigenvalue weighted by Gasteiger charge is -2.25. The Bertz CT molecular complexity index is 1320. The first-order valence-corrected chi connectivity index (χ1v) is 12.7. The minimum atomic E-state index is -1.03. The normalized spacial score (nSPS) is 12.7. The molecule has 0 saturated carbocycles. The molecular formula is C30H32F2N4O2. The molecular weight excluding hydrogens is 486 g/mol. The van der Waals surface area contributed by atoms with E-state index in [1.807, 2.05) is 42.5 Å². The lowest BCUT2D eigenvalue weighted by atomic mass is 10.0. The summed E-state index contributed by atoms with van der Waals surface area (Å²) in [6.07, 6.45) is 3.18. The van der Waals surface area contributed by atoms with Gasteiger partial charge in [-0.2, -0.15) is 0 Å². The molecule has 0 bridgehead atoms. The van der Waals surface area contributed by atoms with Crippen LogP contribution < -0.4 is 10.6 Å². The molecule has 0 aliphatic rings. The van der Waals surface area contributed by atoms with E-state index < -0.39 is 29.7 Å². The number of aryl methyl sites for hydroxylation is 1. The number of amides is 1. The molecule has 2 atom stereocenters. The third kappa shape index (κ3) is 7.57. The highest BCUT2D eigenvalue weighted by molar-refractivity contribution is 5.91. The van der Waals surface area contributed by atoms with Crippen LogP contribution in [0.5, 0.6) is 0 Å². The van der Waals surface area contributed by atoms with E-state index in [9.17, 15) is 18.7 Å². The molecule has 198 valence electrons. The number of aliphatic hydroxyl groups excluding tert-OH is 1. The predicted molar refractivity (Wildman–Crippen MR) is 143 cm³/mol. The third-order valence-electron chi connectivity index (χ3n) is 6.36. The van der Waals surface area contributed by atoms with Crippen molar-refractivity contribution in [2.75, 3.05) is 6.54 Å². The summed E-state index contributed by atoms with van der Waals surface area (Å²) in [5, 5.41) is 17.1. The topological polar surface area (TPSA) is 79.2 Å². The molecule has 0 radical (unpaired) electrons. The lowest BCUT2D eigenvalue weighted by molar-refractivity contribution is 0.0817. The number of aliphatic hydroxyl groups is 1. The van der Waals surface area contributed by atoms with E-state index in [0.717, 1.165) is 23.6 Å². The fraction of sp³-hybridized carbons (Fsp3) is 0.267. The average molecular weight is 519 g/mol. The summed E-state index contributed by atoms with van der Waals surface area (Å²) < 4.78 is 29.4. The molecule has 0 spiro atoms. The number of nitrogens with zero attached hydrogens (tertiary/aromatic N) is 2. The van der Waals surface area contributed by atoms with Crippen LogP contribution in [0.1, 0.15) is 39.8 Å². The lowest BCUT2D eigenvalue weighted by Crippen LogP contribution is -2.49. The molecule has 38 heavy (non-hydrogen) atoms. The number of benzene rings is 3. The first kappa shape index (κ1) is 27.2. The van der Waals surface area contributed by atoms with Gasteiger partial charge in [-0.25, -0.2) is 13.8 Å². The van der Waals surface area contributed by atoms with Crippen LogP contribution in [0.4, 0.5) is 8.78 Å². The summed E-state index contributed by atoms with van der Waals surface area (Å²) in [4.78, 5) is 17.5. The second-order valence-corrected chi connectivity index (χ2v) is 9.30. The zero-order valence-corrected chi connectivity index (χ0v) is 21.3. The van der Waals surface area contributed by atoms with Crippen molar-refractivity contribution in [3.05, 3.63) is 125 Å². The van der Waals surface area contributed by atoms with Gasteiger partial charge in [0.05, 0.1) is 12.1 Å². The fourth-order valence-corrected chi connectivity index (χ4v) is 4.39. The number of aromatic nitrogens is 2. The maximum Gasteiger partial charge on any atom is 0.287 e. The molecule has 3 N–H and O–H groups in total. The number of carbonyl (C=O) groups excluding carboxylic acids is 1. The first-order chi connectivity index (χ1) is 18.4. The molecule has 0 fully saturated rings. The molecule has 4 rings (SSSR count). The average Bonchev–Trinajstić information content (AvgIpc) is 3.36. The van der Waals surface area contributed by atoms with Crippen LogP contribution in [-0.2, 0) is 25.9 Å². The van der Waals surface area contributed by atoms with Crippen molar-refractivity contribution in [2.24, 2.45) is 0 Å². The van der Waals surface area contributed by atoms with E-state index >= 15 is 0 Å². The Morgan fingerprint density at radius 2 is 1.66 bits per heavy atom. The van der Waals surface area contributed by atoms with Crippen molar-refractivity contribution in [3.63, 3.8) is 0 Å². The van der Waals surface area contributed by atoms with Gasteiger partial charge in [0.1, 0.15) is 11.6 Å². The van der Waals surface area contributed by atoms with E-state index in [1.165, 1.54) is 23.9 Å². The van der Waals surface area contributed by atoms with Gasteiger partial charge in [-0.05, 0) is 47.2 Å². The summed E-state index contributed by atoms with van der Waals surface area (Å²) in [6, 6.07) is 20.2. The second kappa shape index (κ2) is 13.1. The summed E-state index contributed by atoms with van der Waals surface area (Å²) in [5.41, 5.74) is 3.62. The number of halogens is 2. The molecule has 1 amide bonds. The van der Waals surface area contributed by atoms with Crippen molar-refractivity contribution >= 4 is 5.91 Å². The van der Waals surface area contributed by atoms with Gasteiger partial charge in [-0.3, -0.25) is 4.79 Å². The highest BCUT2D eigenvalue weighted by atomic mass is 19.1. The van der Waals surface area contributed by atoms with Gasteiger partial charge in [0, 0.05) is 38.1 Å². The maximum absolute atomic E-state index is 13.9. The van der Waals surface area contributed by atoms with Gasteiger partial charge in [-0.1, -0.05) is 61.5 Å². The van der Waals surface area contributed by atoms with Gasteiger partial charge in [0.25, 0.3) is 5.91 Å². The summed E-state index contributed by atoms with van der Waals surface area (Å²) in [5.74, 6) is -1.73. The molecule has 4 aromatic rings. The number of nitrogens with one attached hydrogen (secondary N) is 2. The Morgan fingerprint density at radius 3 is 2.39 bits per heavy atom. The molecule has 8 heteroatoms. The Hall–Kier alpha value is -3.88. The van der Waals surface area contributed by atoms with Crippen molar-refractivity contribution in [2.45, 2.75) is 45.0 Å². The SMILES string of the molecule is CCc1cccc(CNC[C@@H](O)[C@H](Cc2cc(F)cc(F)c2)NC(=O)c2nccn2Cc2ccccc2)c1. The molecule has 0 unspecified atom stereocenters. The van der Waals surface area contributed by atoms with E-state index in [4.69, 9.17) is 0 Å². The molecule has 0 aliphatic carbocycles. The minimum absolute atomic E-state index is 0.0357. The molecule has 6 nitrogen and oxygen atoms in total. The van der Waals surface area contributed by atoms with Crippen molar-refractivity contribution in [3.8, 4) is 0 Å². The molecule has 0 saturated heterocycles. The zero-order chi connectivity index (χ0) is 26.9. The van der Waals surface area contributed by atoms with E-state index in [0.29, 0.717) is 18.7 Å². The Morgan fingerprint density at radius 1 is 0.947 bits per heavy atom. The van der Waals surface area contributed by atoms with Crippen molar-refractivity contribution in [1.29, 1.82) is 0 Å². The first-order valence-electron chi connectivity index (χ1n) is 12.7. The van der Waals surface area contributed by atoms with E-state index in [2.05, 4.69) is 34.7 Å². The van der Waals surface area contributed by atoms with Crippen LogP contribution in [0.2, 0.25) is 0 Å². The standard InChI is InChI=1S/C30H32F2N4O2/c1-2-21-9-6-10-23(13-21)18-33-19-28(37)27(16-24-14-25(31)17-26(32)15-24)35-30(38)29-34-11-12-36(29)20-22-7-4-3-5-8-22/h3-15,17,27-28,33,37H,2,16,18-20H2,1H3,(H,35,38)/t27-,28+/m0/s1. The second-order valence-electron chi connectivity index (χ2n) is 9.30. The number of hydrogen-bond acceptors (Lipinski definition) is 4. The van der Waals surface area contributed by atoms with Gasteiger partial charge in [0.2, 0.25) is 0 Å². The van der Waals surface area contributed by atoms with Crippen molar-refractivity contribution in [1.82, 2.24) is 20.2 Å². The Kier molecular flexibility index (Phi) is 9.35. The minimum Gasteiger partial charge on any atom is -0.390 e. The summed E-state index contributed by atoms with van der Waals surface area (Å²) in [6.45, 7) is 3.23. The van der Waals surface area contributed by atoms with Crippen LogP contribution in [-0.4, -0.2) is 39.3 Å². The smallest absolute Gasteiger partial charge is 0.287 e. The molecule has 1 aromatic heterocycles. The number of imidazole rings is 1. The largest absolute Gasteiger partial charge is 0.390 e. The van der Waals surface area contributed by atoms with Crippen LogP contribution in [0.15, 0.2) is 85.2 Å². The number of rotatable bonds is 12. The monoisotopic (exact) mass is 518 g/mol. The van der Waals surface area contributed by atoms with Crippen LogP contribution >= 0.6 is 0 Å². The van der Waals surface area contributed by atoms with E-state index in [1.54, 1.807) is 10.8 Å². The Labute approximate surface area is 221 Å². The molecule has 3 aromatic carbocycles. The van der Waals surface area contributed by atoms with Crippen LogP contribution in [0.25, 0.3) is 0 Å². The van der Waals surface area contributed by atoms with Gasteiger partial charge < -0.3 is 20.3 Å². The summed E-state index contributed by atoms with van der Waals surface area (Å²) >= 11 is 0. The zero-order valence-electron chi connectivity index (χ0n) is 21.3. The van der Waals surface area contributed by atoms with Crippen LogP contribution in [0, 0.1) is 11.6 Å². The van der Waals surface area contributed by atoms with Gasteiger partial charge in [0.15, 0.2) is 5.82 Å². The van der Waals surface area contributed by atoms with Gasteiger partial charge >= 0.3 is 0 Å². The van der Waals surface area contributed by atoms with Gasteiger partial charge in [-0.15, -0.1) is 0 Å². The number of hydrogen-bond donors (Lipinski definition) is 3. The highest BCUT2D eigenvalue weighted by Gasteiger charge is 2.25. The maximum atomic E-state index is 13.9. The molecule has 1 heterocycles. The van der Waals surface area contributed by atoms with E-state index in [-0.39, 0.29) is 18.8 Å². The third-order valence-corrected chi connectivity index (χ3v) is 6.36. The highest BCUT2D eigenvalue weighted by Crippen LogP contribution is 2.13. The Balaban J connectivity index is 1.47.